The first-order chi connectivity index (χ1) is 1.41. The third-order valence-electron chi connectivity index (χ3n) is 0. The van der Waals surface area contributed by atoms with Gasteiger partial charge in [0.05, 0.1) is 0 Å². The number of rotatable bonds is 0. The maximum Gasteiger partial charge on any atom is -0.0413 e. The maximum absolute atomic E-state index is 4.46. The lowest BCUT2D eigenvalue weighted by Gasteiger charge is -1.22. The van der Waals surface area contributed by atoms with Crippen LogP contribution in [0.5, 0.6) is 0 Å². The predicted octanol–water partition coefficient (Wildman–Crippen LogP) is 1.27. The van der Waals surface area contributed by atoms with Crippen molar-refractivity contribution in [3.8, 4) is 11.7 Å². The molecule has 0 aliphatic rings. The molecule has 0 saturated heterocycles. The molecule has 0 fully saturated rings. The van der Waals surface area contributed by atoms with Crippen LogP contribution in [-0.4, -0.2) is 0 Å². The standard InChI is InChI=1S/C2H2S.5FH/c1-2-3;;;;;/h1,3H;5*1H. The lowest BCUT2D eigenvalue weighted by molar-refractivity contribution is 1.11. The van der Waals surface area contributed by atoms with Gasteiger partial charge in [0, 0.05) is 0 Å². The molecule has 0 bridgehead atoms. The van der Waals surface area contributed by atoms with Crippen LogP contribution in [0.4, 0.5) is 23.5 Å². The van der Waals surface area contributed by atoms with Crippen molar-refractivity contribution < 1.29 is 23.5 Å². The molecule has 0 aromatic carbocycles. The Morgan fingerprint density at radius 3 is 0.875 bits per heavy atom. The molecule has 0 rings (SSSR count). The first-order valence-electron chi connectivity index (χ1n) is 0.512. The molecule has 0 radical (unpaired) electrons. The van der Waals surface area contributed by atoms with Gasteiger partial charge in [0.25, 0.3) is 0 Å². The van der Waals surface area contributed by atoms with Crippen LogP contribution in [0.25, 0.3) is 0 Å². The van der Waals surface area contributed by atoms with E-state index >= 15 is 0 Å². The Labute approximate surface area is 48.9 Å². The number of terminal acetylenes is 1. The van der Waals surface area contributed by atoms with E-state index in [4.69, 9.17) is 0 Å². The second kappa shape index (κ2) is 647. The van der Waals surface area contributed by atoms with Gasteiger partial charge in [-0.05, 0) is 5.25 Å². The van der Waals surface area contributed by atoms with Gasteiger partial charge in [-0.1, -0.05) is 12.6 Å². The summed E-state index contributed by atoms with van der Waals surface area (Å²) >= 11 is 3.32. The van der Waals surface area contributed by atoms with Crippen LogP contribution in [-0.2, 0) is 0 Å². The van der Waals surface area contributed by atoms with Gasteiger partial charge in [-0.25, -0.2) is 0 Å². The molecule has 0 N–H and O–H groups in total. The second-order valence-corrected chi connectivity index (χ2v) is 0.387. The fraction of sp³-hybridized carbons (Fsp3) is 0. The van der Waals surface area contributed by atoms with Crippen molar-refractivity contribution in [1.82, 2.24) is 0 Å². The molecule has 0 aliphatic heterocycles. The van der Waals surface area contributed by atoms with E-state index in [9.17, 15) is 0 Å². The molecule has 0 heterocycles. The van der Waals surface area contributed by atoms with Crippen molar-refractivity contribution in [2.75, 3.05) is 0 Å². The highest BCUT2D eigenvalue weighted by atomic mass is 32.1. The predicted molar refractivity (Wildman–Crippen MR) is 30.3 cm³/mol. The summed E-state index contributed by atoms with van der Waals surface area (Å²) in [6.07, 6.45) is 4.46. The van der Waals surface area contributed by atoms with Crippen LogP contribution >= 0.6 is 12.6 Å². The minimum Gasteiger partial charge on any atom is -0.269 e. The fourth-order valence-electron chi connectivity index (χ4n) is 0. The van der Waals surface area contributed by atoms with Crippen LogP contribution in [0, 0.1) is 11.7 Å². The Kier molecular flexibility index (Phi) is 10800. The molecule has 0 saturated carbocycles. The Hall–Kier alpha value is -0.440. The maximum atomic E-state index is 4.46. The van der Waals surface area contributed by atoms with Crippen molar-refractivity contribution in [2.45, 2.75) is 0 Å². The minimum absolute atomic E-state index is 0. The number of thiol groups is 1. The normalized spacial score (nSPS) is 1.00. The van der Waals surface area contributed by atoms with Gasteiger partial charge in [0.15, 0.2) is 0 Å². The van der Waals surface area contributed by atoms with Gasteiger partial charge in [-0.3, -0.25) is 23.5 Å². The Bertz CT molecular complexity index is 31.9. The monoisotopic (exact) mass is 158 g/mol. The van der Waals surface area contributed by atoms with Crippen molar-refractivity contribution >= 4 is 12.6 Å². The average Bonchev–Trinajstić information content (AvgIpc) is 0.918. The molecule has 0 unspecified atom stereocenters. The van der Waals surface area contributed by atoms with Crippen LogP contribution in [0.1, 0.15) is 0 Å². The van der Waals surface area contributed by atoms with Crippen LogP contribution in [0.3, 0.4) is 0 Å². The second-order valence-electron chi connectivity index (χ2n) is 0.129. The van der Waals surface area contributed by atoms with Crippen LogP contribution in [0.2, 0.25) is 0 Å². The highest BCUT2D eigenvalue weighted by Gasteiger charge is 1.09. The van der Waals surface area contributed by atoms with Crippen molar-refractivity contribution in [3.05, 3.63) is 0 Å². The zero-order valence-corrected chi connectivity index (χ0v) is 4.46. The first kappa shape index (κ1) is 134. The molecule has 0 aliphatic carbocycles. The summed E-state index contributed by atoms with van der Waals surface area (Å²) in [5, 5.41) is 1.94. The highest BCUT2D eigenvalue weighted by molar-refractivity contribution is 7.85. The molecule has 0 spiro atoms. The van der Waals surface area contributed by atoms with Crippen LogP contribution < -0.4 is 0 Å². The molecule has 8 heavy (non-hydrogen) atoms. The lowest BCUT2D eigenvalue weighted by Crippen LogP contribution is -0.963. The van der Waals surface area contributed by atoms with Gasteiger partial charge >= 0.3 is 0 Å². The van der Waals surface area contributed by atoms with Gasteiger partial charge in [-0.15, -0.1) is 6.42 Å². The van der Waals surface area contributed by atoms with Gasteiger partial charge in [-0.2, -0.15) is 0 Å². The summed E-state index contributed by atoms with van der Waals surface area (Å²) in [5.41, 5.74) is 0. The first-order valence-corrected chi connectivity index (χ1v) is 0.959. The fourth-order valence-corrected chi connectivity index (χ4v) is 0. The van der Waals surface area contributed by atoms with E-state index in [0.717, 1.165) is 0 Å². The summed E-state index contributed by atoms with van der Waals surface area (Å²) in [6, 6.07) is 0. The summed E-state index contributed by atoms with van der Waals surface area (Å²) in [7, 11) is 0. The molecular weight excluding hydrogens is 151 g/mol. The van der Waals surface area contributed by atoms with E-state index in [1.54, 1.807) is 0 Å². The number of halogens is 5. The molecular formula is C2H7F5S. The number of hydrogen-bond acceptors (Lipinski definition) is 1. The van der Waals surface area contributed by atoms with Gasteiger partial charge in [0.1, 0.15) is 0 Å². The van der Waals surface area contributed by atoms with E-state index in [-0.39, 0.29) is 23.5 Å². The third kappa shape index (κ3) is 597. The Morgan fingerprint density at radius 1 is 0.875 bits per heavy atom. The zero-order chi connectivity index (χ0) is 2.71. The third-order valence-corrected chi connectivity index (χ3v) is 0. The minimum atomic E-state index is 0. The van der Waals surface area contributed by atoms with Crippen molar-refractivity contribution in [2.24, 2.45) is 0 Å². The highest BCUT2D eigenvalue weighted by Crippen LogP contribution is 1.46. The van der Waals surface area contributed by atoms with Crippen molar-refractivity contribution in [3.63, 3.8) is 0 Å². The molecule has 0 nitrogen and oxygen atoms in total. The summed E-state index contributed by atoms with van der Waals surface area (Å²) in [6.45, 7) is 0. The van der Waals surface area contributed by atoms with E-state index in [2.05, 4.69) is 19.1 Å². The summed E-state index contributed by atoms with van der Waals surface area (Å²) in [5.74, 6) is 0. The molecule has 56 valence electrons. The van der Waals surface area contributed by atoms with E-state index in [0.29, 0.717) is 0 Å². The van der Waals surface area contributed by atoms with E-state index in [1.165, 1.54) is 0 Å². The topological polar surface area (TPSA) is 0 Å². The largest absolute Gasteiger partial charge is 0.269 e. The molecule has 0 aromatic heterocycles. The van der Waals surface area contributed by atoms with Crippen LogP contribution in [0.15, 0.2) is 0 Å². The molecule has 0 amide bonds. The Morgan fingerprint density at radius 2 is 0.875 bits per heavy atom. The Balaban J connectivity index is -0.00000000200. The molecule has 6 heteroatoms. The quantitative estimate of drug-likeness (QED) is 0.306. The average molecular weight is 158 g/mol. The summed E-state index contributed by atoms with van der Waals surface area (Å²) < 4.78 is 0. The lowest BCUT2D eigenvalue weighted by atomic mass is 11.4. The van der Waals surface area contributed by atoms with E-state index in [1.807, 2.05) is 5.25 Å². The van der Waals surface area contributed by atoms with Gasteiger partial charge in [0.2, 0.25) is 0 Å². The van der Waals surface area contributed by atoms with Gasteiger partial charge < -0.3 is 0 Å². The number of hydrogen-bond donors (Lipinski definition) is 1. The SMILES string of the molecule is C#CS.F.F.F.F.F. The molecule has 0 aromatic rings. The zero-order valence-electron chi connectivity index (χ0n) is 3.57. The van der Waals surface area contributed by atoms with Crippen molar-refractivity contribution in [1.29, 1.82) is 0 Å². The smallest absolute Gasteiger partial charge is 0.0413 e. The summed E-state index contributed by atoms with van der Waals surface area (Å²) in [4.78, 5) is 0. The molecule has 0 atom stereocenters. The van der Waals surface area contributed by atoms with E-state index < -0.39 is 0 Å².